The molecule has 1 saturated carbocycles. The number of nitrogens with one attached hydrogen (secondary N) is 11. The molecule has 1 aliphatic carbocycles. The van der Waals surface area contributed by atoms with Crippen LogP contribution in [-0.2, 0) is 93.1 Å². The maximum Gasteiger partial charge on any atom is 0.246 e. The maximum atomic E-state index is 15.2. The van der Waals surface area contributed by atoms with Gasteiger partial charge in [0.2, 0.25) is 70.9 Å². The summed E-state index contributed by atoms with van der Waals surface area (Å²) in [5.41, 5.74) is 4.91. The van der Waals surface area contributed by atoms with Gasteiger partial charge in [-0.1, -0.05) is 103 Å². The highest BCUT2D eigenvalue weighted by atomic mass is 32.2. The van der Waals surface area contributed by atoms with Crippen molar-refractivity contribution in [2.75, 3.05) is 18.1 Å². The zero-order chi connectivity index (χ0) is 82.1. The van der Waals surface area contributed by atoms with Gasteiger partial charge in [-0.15, -0.1) is 0 Å². The summed E-state index contributed by atoms with van der Waals surface area (Å²) in [4.78, 5) is 197. The number of ketones is 1. The number of pyridine rings is 1. The number of aromatic amines is 1. The third kappa shape index (κ3) is 23.3. The Morgan fingerprint density at radius 3 is 1.79 bits per heavy atom. The number of nitrogens with zero attached hydrogens (tertiary/aromatic N) is 2. The van der Waals surface area contributed by atoms with E-state index in [-0.39, 0.29) is 74.5 Å². The molecule has 0 radical (unpaired) electrons. The zero-order valence-electron chi connectivity index (χ0n) is 64.7. The fourth-order valence-corrected chi connectivity index (χ4v) is 15.8. The van der Waals surface area contributed by atoms with Crippen LogP contribution in [0.3, 0.4) is 0 Å². The Morgan fingerprint density at radius 1 is 0.643 bits per heavy atom. The van der Waals surface area contributed by atoms with Crippen molar-refractivity contribution in [1.82, 2.24) is 68.0 Å². The molecule has 3 aromatic carbocycles. The molecule has 12 amide bonds. The van der Waals surface area contributed by atoms with Crippen LogP contribution in [0.5, 0.6) is 11.5 Å². The lowest BCUT2D eigenvalue weighted by atomic mass is 9.73. The number of benzene rings is 3. The number of carbonyl (C=O) groups is 13. The van der Waals surface area contributed by atoms with Crippen LogP contribution in [0.25, 0.3) is 11.0 Å². The number of aromatic hydroxyl groups is 2. The molecule has 2 aliphatic heterocycles. The number of phenols is 2. The number of fused-ring (bicyclic) bond motifs is 4. The molecule has 0 unspecified atom stereocenters. The van der Waals surface area contributed by atoms with Gasteiger partial charge < -0.3 is 89.2 Å². The number of carbonyl (C=O) groups excluding carboxylic acids is 13. The molecule has 31 nitrogen and oxygen atoms in total. The van der Waals surface area contributed by atoms with E-state index in [0.717, 1.165) is 11.1 Å². The highest BCUT2D eigenvalue weighted by Crippen LogP contribution is 2.35. The highest BCUT2D eigenvalue weighted by Gasteiger charge is 2.48. The van der Waals surface area contributed by atoms with Crippen molar-refractivity contribution in [2.45, 2.75) is 223 Å². The highest BCUT2D eigenvalue weighted by molar-refractivity contribution is 7.98. The molecule has 2 bridgehead atoms. The first kappa shape index (κ1) is 87.5. The molecule has 2 fully saturated rings. The minimum absolute atomic E-state index is 0.00503. The summed E-state index contributed by atoms with van der Waals surface area (Å²) in [6.45, 7) is 14.9. The van der Waals surface area contributed by atoms with E-state index in [0.29, 0.717) is 52.1 Å². The second kappa shape index (κ2) is 38.9. The first-order valence-electron chi connectivity index (χ1n) is 37.6. The summed E-state index contributed by atoms with van der Waals surface area (Å²) in [6, 6.07) is 8.03. The number of amides is 12. The van der Waals surface area contributed by atoms with Crippen molar-refractivity contribution in [3.63, 3.8) is 0 Å². The lowest BCUT2D eigenvalue weighted by Crippen LogP contribution is -2.65. The van der Waals surface area contributed by atoms with Gasteiger partial charge in [0.05, 0.1) is 23.7 Å². The smallest absolute Gasteiger partial charge is 0.246 e. The Morgan fingerprint density at radius 2 is 1.21 bits per heavy atom. The van der Waals surface area contributed by atoms with E-state index in [2.05, 4.69) is 63.1 Å². The van der Waals surface area contributed by atoms with Crippen LogP contribution in [0.2, 0.25) is 0 Å². The number of hydrogen-bond acceptors (Lipinski definition) is 20. The number of phenolic OH excluding ortho intramolecular Hbond substituents is 2. The average Bonchev–Trinajstić information content (AvgIpc) is 1.46. The number of Topliss-reactive ketones (excluding diaryl/α,β-unsaturated/α-hetero) is 1. The summed E-state index contributed by atoms with van der Waals surface area (Å²) in [7, 11) is 0. The predicted molar refractivity (Wildman–Crippen MR) is 420 cm³/mol. The minimum atomic E-state index is -1.79. The first-order valence-corrected chi connectivity index (χ1v) is 39.9. The lowest BCUT2D eigenvalue weighted by molar-refractivity contribution is -0.143. The van der Waals surface area contributed by atoms with Gasteiger partial charge in [0, 0.05) is 73.5 Å². The van der Waals surface area contributed by atoms with Crippen LogP contribution in [0.4, 0.5) is 0 Å². The number of aliphatic hydroxyl groups is 2. The summed E-state index contributed by atoms with van der Waals surface area (Å²) >= 11 is 2.54. The fourth-order valence-electron chi connectivity index (χ4n) is 13.8. The minimum Gasteiger partial charge on any atom is -0.508 e. The van der Waals surface area contributed by atoms with Crippen molar-refractivity contribution in [1.29, 1.82) is 0 Å². The number of aromatic nitrogens is 2. The Kier molecular flexibility index (Phi) is 30.4. The molecule has 1 spiro atoms. The van der Waals surface area contributed by atoms with E-state index in [1.807, 2.05) is 18.2 Å². The molecule has 2 aromatic heterocycles. The molecule has 8 rings (SSSR count). The van der Waals surface area contributed by atoms with E-state index in [4.69, 9.17) is 5.73 Å². The van der Waals surface area contributed by atoms with Crippen LogP contribution in [-0.4, -0.2) is 208 Å². The summed E-state index contributed by atoms with van der Waals surface area (Å²) < 4.78 is 0. The first-order chi connectivity index (χ1) is 52.9. The van der Waals surface area contributed by atoms with Crippen molar-refractivity contribution < 1.29 is 82.8 Å². The number of rotatable bonds is 11. The number of H-pyrrole nitrogens is 1. The zero-order valence-corrected chi connectivity index (χ0v) is 66.4. The van der Waals surface area contributed by atoms with Gasteiger partial charge >= 0.3 is 0 Å². The van der Waals surface area contributed by atoms with Gasteiger partial charge in [0.15, 0.2) is 5.78 Å². The summed E-state index contributed by atoms with van der Waals surface area (Å²) in [6.07, 6.45) is 0.0631. The van der Waals surface area contributed by atoms with E-state index < -0.39 is 178 Å². The Hall–Kier alpha value is -10.1. The molecular formula is C79H106N14O17S2. The average molecular weight is 1590 g/mol. The van der Waals surface area contributed by atoms with Crippen molar-refractivity contribution in [3.8, 4) is 11.5 Å². The largest absolute Gasteiger partial charge is 0.508 e. The summed E-state index contributed by atoms with van der Waals surface area (Å²) in [5, 5.41) is 70.7. The third-order valence-corrected chi connectivity index (χ3v) is 23.0. The van der Waals surface area contributed by atoms with E-state index in [9.17, 15) is 73.2 Å². The van der Waals surface area contributed by atoms with Gasteiger partial charge in [-0.3, -0.25) is 62.3 Å². The molecule has 5 aromatic rings. The van der Waals surface area contributed by atoms with Crippen LogP contribution in [0.15, 0.2) is 97.3 Å². The van der Waals surface area contributed by atoms with Gasteiger partial charge in [0.1, 0.15) is 77.1 Å². The molecular weight excluding hydrogens is 1480 g/mol. The standard InChI is InChI=1S/C79H106N14O17S2/c1-42(2)78(10)36-61(99)55(33-47-20-24-52(97)25-21-47)85-67(101)43(3)83-76(110)79(28-11-12-29-79)92-69(103)56(35-51-37-82-66-54(51)18-14-30-81-66)86-71(105)62(44(4)94)89-70(104)60-19-15-31-93(60)74(108)57(34-48-22-26-53(98)27-23-48)87-73(107)64(77(7,8)9)91-68(102)59(84-46(6)96)41-112-39-50-17-13-16-49(32-50)38-111-40-58(65(80)100)88-72(106)63(45(5)95)90-75(78)109/h13-14,16-18,20-27,30,32,37,42-45,55-60,62-64,94-95,97-98H,11-12,15,19,28-29,31,33-36,38-41H2,1-10H3,(H2,80,100)(H,81,82)(H,83,110)(H,84,96)(H,85,101)(H,86,105)(H,87,107)(H,88,106)(H,89,104)(H,90,109)(H,91,102)(H,92,103)/t43-,44+,45+,55-,56-,57-,58-,59-,60-,62-,63-,64+,78-/m0/s1. The number of hydrogen-bond donors (Lipinski definition) is 16. The predicted octanol–water partition coefficient (Wildman–Crippen LogP) is 1.92. The second-order valence-electron chi connectivity index (χ2n) is 31.0. The van der Waals surface area contributed by atoms with Gasteiger partial charge in [-0.05, 0) is 128 Å². The van der Waals surface area contributed by atoms with Crippen LogP contribution >= 0.6 is 23.5 Å². The van der Waals surface area contributed by atoms with Gasteiger partial charge in [-0.25, -0.2) is 4.98 Å². The number of thioether (sulfide) groups is 2. The van der Waals surface area contributed by atoms with Gasteiger partial charge in [0.25, 0.3) is 0 Å². The normalized spacial score (nSPS) is 26.0. The summed E-state index contributed by atoms with van der Waals surface area (Å²) in [5.74, 6) is -10.9. The van der Waals surface area contributed by atoms with E-state index in [1.54, 1.807) is 77.3 Å². The SMILES string of the molecule is CC(=O)N[C@H]1CSCc2cccc(c2)CSC[C@@H](C(N)=O)NC(=O)[C@H]([C@@H](C)O)NC(=O)[C@](C)(C(C)C)CC(=O)[C@H](Cc2ccc(O)cc2)NC(=O)[C@H](C)NC(=O)C2(CCCC2)NC(=O)[C@H](Cc2c[nH]c3ncccc23)NC(=O)[C@H]([C@@H](C)O)NC(=O)[C@@H]2CCCN2C(=O)[C@H](Cc2ccc(O)cc2)NC(=O)[C@H](C(C)(C)C)NC1=O. The molecule has 3 aliphatic rings. The quantitative estimate of drug-likeness (QED) is 0.0898. The monoisotopic (exact) mass is 1590 g/mol. The van der Waals surface area contributed by atoms with Crippen molar-refractivity contribution in [2.24, 2.45) is 22.5 Å². The van der Waals surface area contributed by atoms with Crippen LogP contribution in [0, 0.1) is 16.7 Å². The number of primary amides is 1. The molecule has 17 N–H and O–H groups in total. The Balaban J connectivity index is 1.13. The molecule has 112 heavy (non-hydrogen) atoms. The van der Waals surface area contributed by atoms with E-state index >= 15 is 9.59 Å². The van der Waals surface area contributed by atoms with Gasteiger partial charge in [-0.2, -0.15) is 23.5 Å². The number of nitrogens with two attached hydrogens (primary N) is 1. The molecule has 4 heterocycles. The lowest BCUT2D eigenvalue weighted by Gasteiger charge is -2.35. The molecule has 606 valence electrons. The van der Waals surface area contributed by atoms with E-state index in [1.165, 1.54) is 99.4 Å². The fraction of sp³-hybridized carbons (Fsp3) is 0.519. The van der Waals surface area contributed by atoms with Crippen LogP contribution in [0.1, 0.15) is 142 Å². The maximum absolute atomic E-state index is 15.2. The topological polar surface area (TPSA) is 481 Å². The van der Waals surface area contributed by atoms with Crippen molar-refractivity contribution >= 4 is 111 Å². The number of aliphatic hydroxyl groups excluding tert-OH is 2. The van der Waals surface area contributed by atoms with Crippen molar-refractivity contribution in [3.05, 3.63) is 125 Å². The molecule has 33 heteroatoms. The Labute approximate surface area is 659 Å². The van der Waals surface area contributed by atoms with Crippen LogP contribution < -0.4 is 58.9 Å². The third-order valence-electron chi connectivity index (χ3n) is 20.8. The molecule has 13 atom stereocenters. The Bertz CT molecular complexity index is 4240. The molecule has 1 saturated heterocycles. The second-order valence-corrected chi connectivity index (χ2v) is 33.1.